The van der Waals surface area contributed by atoms with Crippen molar-refractivity contribution in [3.05, 3.63) is 231 Å². The van der Waals surface area contributed by atoms with Gasteiger partial charge in [0.2, 0.25) is 0 Å². The summed E-state index contributed by atoms with van der Waals surface area (Å²) in [6.45, 7) is 0. The minimum Gasteiger partial charge on any atom is -0.311 e. The third-order valence-corrected chi connectivity index (χ3v) is 10.8. The summed E-state index contributed by atoms with van der Waals surface area (Å²) < 4.78 is 0. The van der Waals surface area contributed by atoms with E-state index in [2.05, 4.69) is 240 Å². The maximum absolute atomic E-state index is 2.40. The van der Waals surface area contributed by atoms with E-state index in [1.54, 1.807) is 0 Å². The quantitative estimate of drug-likeness (QED) is 0.162. The molecule has 0 amide bonds. The summed E-state index contributed by atoms with van der Waals surface area (Å²) in [7, 11) is 0. The van der Waals surface area contributed by atoms with Gasteiger partial charge in [0.1, 0.15) is 0 Å². The zero-order chi connectivity index (χ0) is 37.3. The Morgan fingerprint density at radius 1 is 0.250 bits per heavy atom. The Morgan fingerprint density at radius 3 is 1.12 bits per heavy atom. The Kier molecular flexibility index (Phi) is 8.55. The van der Waals surface area contributed by atoms with Crippen LogP contribution >= 0.6 is 0 Å². The summed E-state index contributed by atoms with van der Waals surface area (Å²) in [5.74, 6) is 0. The summed E-state index contributed by atoms with van der Waals surface area (Å²) in [6.07, 6.45) is 0. The predicted molar refractivity (Wildman–Crippen MR) is 237 cm³/mol. The Bertz CT molecular complexity index is 2670. The van der Waals surface area contributed by atoms with E-state index in [1.807, 2.05) is 0 Å². The first-order valence-electron chi connectivity index (χ1n) is 19.2. The second kappa shape index (κ2) is 14.4. The zero-order valence-electron chi connectivity index (χ0n) is 30.8. The Balaban J connectivity index is 1.05. The van der Waals surface area contributed by atoms with E-state index in [1.165, 1.54) is 61.3 Å². The molecule has 1 aliphatic heterocycles. The van der Waals surface area contributed by atoms with Gasteiger partial charge < -0.3 is 9.80 Å². The first kappa shape index (κ1) is 33.2. The molecule has 0 N–H and O–H groups in total. The maximum atomic E-state index is 2.40. The normalized spacial score (nSPS) is 11.5. The Hall–Kier alpha value is -7.42. The lowest BCUT2D eigenvalue weighted by Crippen LogP contribution is -2.10. The van der Waals surface area contributed by atoms with Gasteiger partial charge in [-0.3, -0.25) is 0 Å². The molecule has 56 heavy (non-hydrogen) atoms. The van der Waals surface area contributed by atoms with Crippen LogP contribution in [-0.2, 0) is 0 Å². The average molecular weight is 715 g/mol. The SMILES string of the molecule is c1ccc(-c2ccc(N(c3ccc(-c4ccccc4)cc3)c3ccc(-c4ccc5c(c4)-c4ccccc4-c4ccccc4N5c4ccccc4)cc3)cc2)cc1. The highest BCUT2D eigenvalue weighted by Gasteiger charge is 2.26. The maximum Gasteiger partial charge on any atom is 0.0540 e. The molecule has 9 aromatic carbocycles. The van der Waals surface area contributed by atoms with Crippen LogP contribution in [0.5, 0.6) is 0 Å². The van der Waals surface area contributed by atoms with Gasteiger partial charge in [-0.2, -0.15) is 0 Å². The fraction of sp³-hybridized carbons (Fsp3) is 0. The van der Waals surface area contributed by atoms with Crippen molar-refractivity contribution in [1.29, 1.82) is 0 Å². The molecular weight excluding hydrogens is 677 g/mol. The van der Waals surface area contributed by atoms with Crippen LogP contribution in [0, 0.1) is 0 Å². The molecule has 0 saturated carbocycles. The molecule has 0 unspecified atom stereocenters. The summed E-state index contributed by atoms with van der Waals surface area (Å²) in [5.41, 5.74) is 18.8. The van der Waals surface area contributed by atoms with E-state index in [-0.39, 0.29) is 0 Å². The van der Waals surface area contributed by atoms with Crippen molar-refractivity contribution in [3.8, 4) is 55.6 Å². The van der Waals surface area contributed by atoms with Crippen molar-refractivity contribution in [2.24, 2.45) is 0 Å². The molecule has 10 rings (SSSR count). The highest BCUT2D eigenvalue weighted by molar-refractivity contribution is 6.03. The summed E-state index contributed by atoms with van der Waals surface area (Å²) >= 11 is 0. The average Bonchev–Trinajstić information content (AvgIpc) is 3.40. The number of para-hydroxylation sites is 2. The van der Waals surface area contributed by atoms with E-state index >= 15 is 0 Å². The fourth-order valence-corrected chi connectivity index (χ4v) is 8.08. The molecule has 9 aromatic rings. The highest BCUT2D eigenvalue weighted by Crippen LogP contribution is 2.51. The van der Waals surface area contributed by atoms with Crippen LogP contribution in [0.2, 0.25) is 0 Å². The molecule has 2 nitrogen and oxygen atoms in total. The third kappa shape index (κ3) is 6.14. The number of benzene rings is 9. The number of fused-ring (bicyclic) bond motifs is 5. The number of nitrogens with zero attached hydrogens (tertiary/aromatic N) is 2. The van der Waals surface area contributed by atoms with E-state index < -0.39 is 0 Å². The standard InChI is InChI=1S/C54H38N2/c1-4-14-39(15-5-1)41-24-31-46(32-25-41)55(47-33-26-42(27-34-47)40-16-6-2-7-17-40)48-35-28-43(29-36-48)44-30-37-54-52(38-44)50-21-11-10-20-49(50)51-22-12-13-23-53(51)56(54)45-18-8-3-9-19-45/h1-38H. The first-order chi connectivity index (χ1) is 27.8. The molecular formula is C54H38N2. The molecule has 0 saturated heterocycles. The monoisotopic (exact) mass is 714 g/mol. The Morgan fingerprint density at radius 2 is 0.607 bits per heavy atom. The van der Waals surface area contributed by atoms with Crippen LogP contribution < -0.4 is 9.80 Å². The lowest BCUT2D eigenvalue weighted by atomic mass is 9.92. The lowest BCUT2D eigenvalue weighted by molar-refractivity contribution is 1.28. The van der Waals surface area contributed by atoms with Crippen molar-refractivity contribution in [2.75, 3.05) is 9.80 Å². The van der Waals surface area contributed by atoms with Gasteiger partial charge in [-0.15, -0.1) is 0 Å². The van der Waals surface area contributed by atoms with Crippen molar-refractivity contribution >= 4 is 34.1 Å². The van der Waals surface area contributed by atoms with Gasteiger partial charge in [0, 0.05) is 33.9 Å². The molecule has 0 aliphatic carbocycles. The number of anilines is 6. The number of hydrogen-bond donors (Lipinski definition) is 0. The van der Waals surface area contributed by atoms with Crippen LogP contribution in [0.25, 0.3) is 55.6 Å². The molecule has 0 radical (unpaired) electrons. The smallest absolute Gasteiger partial charge is 0.0540 e. The largest absolute Gasteiger partial charge is 0.311 e. The molecule has 2 heteroatoms. The van der Waals surface area contributed by atoms with E-state index in [4.69, 9.17) is 0 Å². The minimum absolute atomic E-state index is 1.10. The van der Waals surface area contributed by atoms with E-state index in [0.717, 1.165) is 28.4 Å². The molecule has 0 atom stereocenters. The van der Waals surface area contributed by atoms with Gasteiger partial charge in [0.25, 0.3) is 0 Å². The van der Waals surface area contributed by atoms with Crippen molar-refractivity contribution in [1.82, 2.24) is 0 Å². The van der Waals surface area contributed by atoms with E-state index in [9.17, 15) is 0 Å². The topological polar surface area (TPSA) is 6.48 Å². The van der Waals surface area contributed by atoms with Gasteiger partial charge in [-0.25, -0.2) is 0 Å². The van der Waals surface area contributed by atoms with Crippen LogP contribution in [0.4, 0.5) is 34.1 Å². The Labute approximate surface area is 328 Å². The van der Waals surface area contributed by atoms with Crippen LogP contribution in [0.15, 0.2) is 231 Å². The summed E-state index contributed by atoms with van der Waals surface area (Å²) in [6, 6.07) is 83.1. The summed E-state index contributed by atoms with van der Waals surface area (Å²) in [4.78, 5) is 4.75. The van der Waals surface area contributed by atoms with Gasteiger partial charge in [-0.1, -0.05) is 164 Å². The minimum atomic E-state index is 1.10. The van der Waals surface area contributed by atoms with Crippen LogP contribution in [0.1, 0.15) is 0 Å². The number of hydrogen-bond acceptors (Lipinski definition) is 2. The van der Waals surface area contributed by atoms with Gasteiger partial charge in [0.05, 0.1) is 11.4 Å². The molecule has 0 fully saturated rings. The van der Waals surface area contributed by atoms with Gasteiger partial charge in [-0.05, 0) is 111 Å². The van der Waals surface area contributed by atoms with Crippen molar-refractivity contribution in [2.45, 2.75) is 0 Å². The predicted octanol–water partition coefficient (Wildman–Crippen LogP) is 15.3. The second-order valence-electron chi connectivity index (χ2n) is 14.2. The molecule has 1 heterocycles. The zero-order valence-corrected chi connectivity index (χ0v) is 30.8. The van der Waals surface area contributed by atoms with Crippen molar-refractivity contribution < 1.29 is 0 Å². The van der Waals surface area contributed by atoms with E-state index in [0.29, 0.717) is 0 Å². The summed E-state index contributed by atoms with van der Waals surface area (Å²) in [5, 5.41) is 0. The van der Waals surface area contributed by atoms with Gasteiger partial charge in [0.15, 0.2) is 0 Å². The molecule has 264 valence electrons. The number of rotatable bonds is 7. The third-order valence-electron chi connectivity index (χ3n) is 10.8. The lowest BCUT2D eigenvalue weighted by Gasteiger charge is -2.27. The fourth-order valence-electron chi connectivity index (χ4n) is 8.08. The molecule has 0 bridgehead atoms. The molecule has 0 spiro atoms. The van der Waals surface area contributed by atoms with Gasteiger partial charge >= 0.3 is 0 Å². The molecule has 1 aliphatic rings. The van der Waals surface area contributed by atoms with Crippen LogP contribution in [0.3, 0.4) is 0 Å². The van der Waals surface area contributed by atoms with Crippen molar-refractivity contribution in [3.63, 3.8) is 0 Å². The highest BCUT2D eigenvalue weighted by atomic mass is 15.2. The molecule has 0 aromatic heterocycles. The van der Waals surface area contributed by atoms with Crippen LogP contribution in [-0.4, -0.2) is 0 Å². The first-order valence-corrected chi connectivity index (χ1v) is 19.2. The second-order valence-corrected chi connectivity index (χ2v) is 14.2.